The fourth-order valence-corrected chi connectivity index (χ4v) is 3.66. The summed E-state index contributed by atoms with van der Waals surface area (Å²) < 4.78 is 1.03. The fourth-order valence-electron chi connectivity index (χ4n) is 3.41. The molecule has 0 unspecified atom stereocenters. The number of rotatable bonds is 6. The highest BCUT2D eigenvalue weighted by Gasteiger charge is 2.25. The van der Waals surface area contributed by atoms with Crippen LogP contribution < -0.4 is 10.6 Å². The normalized spacial score (nSPS) is 15.2. The number of aryl methyl sites for hydroxylation is 1. The van der Waals surface area contributed by atoms with E-state index in [0.29, 0.717) is 13.1 Å². The molecule has 1 aliphatic heterocycles. The number of hydrogen-bond acceptors (Lipinski definition) is 3. The second-order valence-electron chi connectivity index (χ2n) is 7.27. The Labute approximate surface area is 174 Å². The maximum atomic E-state index is 12.4. The smallest absolute Gasteiger partial charge is 0.238 e. The molecule has 0 spiro atoms. The summed E-state index contributed by atoms with van der Waals surface area (Å²) in [6.45, 7) is 4.43. The zero-order valence-electron chi connectivity index (χ0n) is 16.1. The fraction of sp³-hybridized carbons (Fsp3) is 0.364. The summed E-state index contributed by atoms with van der Waals surface area (Å²) in [6, 6.07) is 15.7. The molecule has 2 N–H and O–H groups in total. The van der Waals surface area contributed by atoms with Crippen molar-refractivity contribution in [2.45, 2.75) is 26.3 Å². The number of nitrogens with zero attached hydrogens (tertiary/aromatic N) is 1. The largest absolute Gasteiger partial charge is 0.352 e. The first-order chi connectivity index (χ1) is 13.5. The van der Waals surface area contributed by atoms with Crippen molar-refractivity contribution >= 4 is 33.4 Å². The number of benzene rings is 2. The van der Waals surface area contributed by atoms with E-state index in [1.165, 1.54) is 0 Å². The lowest BCUT2D eigenvalue weighted by Crippen LogP contribution is -2.43. The quantitative estimate of drug-likeness (QED) is 0.714. The topological polar surface area (TPSA) is 61.4 Å². The van der Waals surface area contributed by atoms with Gasteiger partial charge in [-0.3, -0.25) is 14.5 Å². The van der Waals surface area contributed by atoms with Crippen LogP contribution in [-0.4, -0.2) is 36.3 Å². The number of hydrogen-bond donors (Lipinski definition) is 2. The molecule has 148 valence electrons. The third-order valence-corrected chi connectivity index (χ3v) is 5.97. The van der Waals surface area contributed by atoms with Gasteiger partial charge in [0.05, 0.1) is 6.54 Å². The molecule has 6 heteroatoms. The highest BCUT2D eigenvalue weighted by atomic mass is 79.9. The molecule has 0 aromatic heterocycles. The third-order valence-electron chi connectivity index (χ3n) is 5.08. The SMILES string of the molecule is Cc1cc(NC(=O)CN2CCC(C(=O)NCc3ccccc3)CC2)ccc1Br. The summed E-state index contributed by atoms with van der Waals surface area (Å²) in [6.07, 6.45) is 1.57. The lowest BCUT2D eigenvalue weighted by Gasteiger charge is -2.30. The van der Waals surface area contributed by atoms with Crippen LogP contribution in [0, 0.1) is 12.8 Å². The van der Waals surface area contributed by atoms with Crippen molar-refractivity contribution in [3.63, 3.8) is 0 Å². The number of carbonyl (C=O) groups excluding carboxylic acids is 2. The molecule has 1 aliphatic rings. The molecular weight excluding hydrogens is 418 g/mol. The average molecular weight is 444 g/mol. The minimum atomic E-state index is -0.0197. The monoisotopic (exact) mass is 443 g/mol. The van der Waals surface area contributed by atoms with Crippen LogP contribution in [-0.2, 0) is 16.1 Å². The molecule has 2 aromatic rings. The predicted octanol–water partition coefficient (Wildman–Crippen LogP) is 3.72. The van der Waals surface area contributed by atoms with E-state index in [1.54, 1.807) is 0 Å². The Morgan fingerprint density at radius 2 is 1.82 bits per heavy atom. The van der Waals surface area contributed by atoms with Gasteiger partial charge in [0.15, 0.2) is 0 Å². The van der Waals surface area contributed by atoms with Gasteiger partial charge in [-0.1, -0.05) is 46.3 Å². The van der Waals surface area contributed by atoms with Crippen LogP contribution in [0.15, 0.2) is 53.0 Å². The second kappa shape index (κ2) is 9.85. The summed E-state index contributed by atoms with van der Waals surface area (Å²) in [5.74, 6) is 0.115. The molecule has 1 fully saturated rings. The first-order valence-electron chi connectivity index (χ1n) is 9.61. The summed E-state index contributed by atoms with van der Waals surface area (Å²) in [7, 11) is 0. The first-order valence-corrected chi connectivity index (χ1v) is 10.4. The number of nitrogens with one attached hydrogen (secondary N) is 2. The van der Waals surface area contributed by atoms with E-state index in [2.05, 4.69) is 31.5 Å². The molecule has 5 nitrogen and oxygen atoms in total. The van der Waals surface area contributed by atoms with Gasteiger partial charge >= 0.3 is 0 Å². The van der Waals surface area contributed by atoms with Crippen LogP contribution in [0.5, 0.6) is 0 Å². The summed E-state index contributed by atoms with van der Waals surface area (Å²) in [5, 5.41) is 5.98. The van der Waals surface area contributed by atoms with Crippen molar-refractivity contribution in [1.29, 1.82) is 0 Å². The summed E-state index contributed by atoms with van der Waals surface area (Å²) in [5.41, 5.74) is 2.99. The third kappa shape index (κ3) is 5.91. The van der Waals surface area contributed by atoms with Gasteiger partial charge in [-0.05, 0) is 62.2 Å². The van der Waals surface area contributed by atoms with Gasteiger partial charge in [-0.25, -0.2) is 0 Å². The molecule has 0 bridgehead atoms. The molecule has 0 radical (unpaired) electrons. The van der Waals surface area contributed by atoms with E-state index in [-0.39, 0.29) is 17.7 Å². The molecule has 0 saturated carbocycles. The Bertz CT molecular complexity index is 818. The van der Waals surface area contributed by atoms with E-state index in [1.807, 2.05) is 55.5 Å². The van der Waals surface area contributed by atoms with Crippen LogP contribution in [0.25, 0.3) is 0 Å². The van der Waals surface area contributed by atoms with E-state index in [0.717, 1.165) is 47.2 Å². The number of halogens is 1. The molecule has 1 saturated heterocycles. The molecule has 28 heavy (non-hydrogen) atoms. The molecule has 0 aliphatic carbocycles. The van der Waals surface area contributed by atoms with Crippen LogP contribution in [0.2, 0.25) is 0 Å². The van der Waals surface area contributed by atoms with Crippen LogP contribution in [0.4, 0.5) is 5.69 Å². The summed E-state index contributed by atoms with van der Waals surface area (Å²) in [4.78, 5) is 26.8. The highest BCUT2D eigenvalue weighted by molar-refractivity contribution is 9.10. The van der Waals surface area contributed by atoms with Crippen LogP contribution in [0.3, 0.4) is 0 Å². The van der Waals surface area contributed by atoms with Gasteiger partial charge < -0.3 is 10.6 Å². The van der Waals surface area contributed by atoms with Crippen molar-refractivity contribution in [2.24, 2.45) is 5.92 Å². The zero-order chi connectivity index (χ0) is 19.9. The van der Waals surface area contributed by atoms with Gasteiger partial charge in [-0.15, -0.1) is 0 Å². The standard InChI is InChI=1S/C22H26BrN3O2/c1-16-13-19(7-8-20(16)23)25-21(27)15-26-11-9-18(10-12-26)22(28)24-14-17-5-3-2-4-6-17/h2-8,13,18H,9-12,14-15H2,1H3,(H,24,28)(H,25,27). The number of anilines is 1. The van der Waals surface area contributed by atoms with E-state index < -0.39 is 0 Å². The van der Waals surface area contributed by atoms with Gasteiger partial charge in [0.1, 0.15) is 0 Å². The Balaban J connectivity index is 1.40. The molecular formula is C22H26BrN3O2. The average Bonchev–Trinajstić information content (AvgIpc) is 2.70. The van der Waals surface area contributed by atoms with Gasteiger partial charge in [-0.2, -0.15) is 0 Å². The Morgan fingerprint density at radius 3 is 2.50 bits per heavy atom. The number of piperidine rings is 1. The lowest BCUT2D eigenvalue weighted by atomic mass is 9.96. The van der Waals surface area contributed by atoms with Gasteiger partial charge in [0.2, 0.25) is 11.8 Å². The molecule has 1 heterocycles. The Morgan fingerprint density at radius 1 is 1.11 bits per heavy atom. The Kier molecular flexibility index (Phi) is 7.23. The van der Waals surface area contributed by atoms with Gasteiger partial charge in [0.25, 0.3) is 0 Å². The minimum Gasteiger partial charge on any atom is -0.352 e. The van der Waals surface area contributed by atoms with Crippen molar-refractivity contribution < 1.29 is 9.59 Å². The second-order valence-corrected chi connectivity index (χ2v) is 8.12. The molecule has 2 aromatic carbocycles. The number of amides is 2. The van der Waals surface area contributed by atoms with Crippen LogP contribution in [0.1, 0.15) is 24.0 Å². The minimum absolute atomic E-state index is 0.0197. The van der Waals surface area contributed by atoms with E-state index >= 15 is 0 Å². The number of likely N-dealkylation sites (tertiary alicyclic amines) is 1. The Hall–Kier alpha value is -2.18. The number of carbonyl (C=O) groups is 2. The highest BCUT2D eigenvalue weighted by Crippen LogP contribution is 2.21. The van der Waals surface area contributed by atoms with E-state index in [9.17, 15) is 9.59 Å². The zero-order valence-corrected chi connectivity index (χ0v) is 17.7. The van der Waals surface area contributed by atoms with Crippen molar-refractivity contribution in [3.05, 3.63) is 64.1 Å². The van der Waals surface area contributed by atoms with Crippen molar-refractivity contribution in [2.75, 3.05) is 25.0 Å². The summed E-state index contributed by atoms with van der Waals surface area (Å²) >= 11 is 3.46. The predicted molar refractivity (Wildman–Crippen MR) is 115 cm³/mol. The maximum Gasteiger partial charge on any atom is 0.238 e. The molecule has 3 rings (SSSR count). The van der Waals surface area contributed by atoms with Crippen LogP contribution >= 0.6 is 15.9 Å². The van der Waals surface area contributed by atoms with Crippen molar-refractivity contribution in [1.82, 2.24) is 10.2 Å². The van der Waals surface area contributed by atoms with Crippen molar-refractivity contribution in [3.8, 4) is 0 Å². The molecule has 0 atom stereocenters. The lowest BCUT2D eigenvalue weighted by molar-refractivity contribution is -0.126. The van der Waals surface area contributed by atoms with E-state index in [4.69, 9.17) is 0 Å². The first kappa shape index (κ1) is 20.6. The van der Waals surface area contributed by atoms with Gasteiger partial charge in [0, 0.05) is 22.6 Å². The maximum absolute atomic E-state index is 12.4. The molecule has 2 amide bonds.